The van der Waals surface area contributed by atoms with Crippen LogP contribution in [0.2, 0.25) is 5.28 Å². The summed E-state index contributed by atoms with van der Waals surface area (Å²) in [6.45, 7) is 0. The molecule has 3 aromatic heterocycles. The minimum absolute atomic E-state index is 0.146. The zero-order valence-corrected chi connectivity index (χ0v) is 10.9. The predicted octanol–water partition coefficient (Wildman–Crippen LogP) is 3.16. The van der Waals surface area contributed by atoms with Crippen molar-refractivity contribution in [2.45, 2.75) is 6.18 Å². The van der Waals surface area contributed by atoms with Gasteiger partial charge in [0.15, 0.2) is 5.65 Å². The van der Waals surface area contributed by atoms with Gasteiger partial charge >= 0.3 is 6.18 Å². The molecule has 0 aromatic carbocycles. The van der Waals surface area contributed by atoms with E-state index in [1.54, 1.807) is 0 Å². The molecule has 3 rings (SSSR count). The SMILES string of the molecule is FC(F)(F)c1ccc2c(Nc3cnc[nH]3)nc(Cl)nc2n1. The van der Waals surface area contributed by atoms with Gasteiger partial charge in [0, 0.05) is 0 Å². The summed E-state index contributed by atoms with van der Waals surface area (Å²) in [6, 6.07) is 2.10. The summed E-state index contributed by atoms with van der Waals surface area (Å²) in [4.78, 5) is 17.7. The molecule has 0 spiro atoms. The monoisotopic (exact) mass is 314 g/mol. The molecule has 0 aliphatic heterocycles. The summed E-state index contributed by atoms with van der Waals surface area (Å²) < 4.78 is 38.0. The van der Waals surface area contributed by atoms with E-state index in [-0.39, 0.29) is 16.7 Å². The summed E-state index contributed by atoms with van der Waals surface area (Å²) in [5, 5.41) is 2.95. The number of anilines is 2. The Morgan fingerprint density at radius 3 is 2.62 bits per heavy atom. The van der Waals surface area contributed by atoms with Crippen molar-refractivity contribution < 1.29 is 13.2 Å². The van der Waals surface area contributed by atoms with Gasteiger partial charge in [-0.1, -0.05) is 0 Å². The van der Waals surface area contributed by atoms with E-state index in [9.17, 15) is 13.2 Å². The van der Waals surface area contributed by atoms with Gasteiger partial charge in [0.2, 0.25) is 5.28 Å². The van der Waals surface area contributed by atoms with Crippen molar-refractivity contribution in [2.24, 2.45) is 0 Å². The second-order valence-corrected chi connectivity index (χ2v) is 4.34. The second-order valence-electron chi connectivity index (χ2n) is 4.00. The molecule has 3 aromatic rings. The molecular weight excluding hydrogens is 309 g/mol. The van der Waals surface area contributed by atoms with Gasteiger partial charge < -0.3 is 10.3 Å². The van der Waals surface area contributed by atoms with Crippen molar-refractivity contribution in [3.63, 3.8) is 0 Å². The van der Waals surface area contributed by atoms with Crippen LogP contribution < -0.4 is 5.32 Å². The average Bonchev–Trinajstić information content (AvgIpc) is 2.89. The molecule has 0 unspecified atom stereocenters. The molecule has 0 saturated carbocycles. The highest BCUT2D eigenvalue weighted by Gasteiger charge is 2.32. The molecule has 10 heteroatoms. The summed E-state index contributed by atoms with van der Waals surface area (Å²) >= 11 is 5.72. The Bertz CT molecular complexity index is 786. The number of alkyl halides is 3. The first-order valence-corrected chi connectivity index (χ1v) is 5.98. The van der Waals surface area contributed by atoms with E-state index >= 15 is 0 Å². The fourth-order valence-electron chi connectivity index (χ4n) is 1.69. The van der Waals surface area contributed by atoms with Crippen molar-refractivity contribution in [3.05, 3.63) is 35.6 Å². The van der Waals surface area contributed by atoms with Crippen LogP contribution in [0.5, 0.6) is 0 Å². The van der Waals surface area contributed by atoms with Crippen molar-refractivity contribution in [1.29, 1.82) is 0 Å². The van der Waals surface area contributed by atoms with Crippen LogP contribution in [0.25, 0.3) is 11.0 Å². The Labute approximate surface area is 120 Å². The first kappa shape index (κ1) is 13.6. The van der Waals surface area contributed by atoms with Crippen LogP contribution in [0.15, 0.2) is 24.7 Å². The van der Waals surface area contributed by atoms with E-state index < -0.39 is 11.9 Å². The smallest absolute Gasteiger partial charge is 0.331 e. The molecule has 0 aliphatic carbocycles. The summed E-state index contributed by atoms with van der Waals surface area (Å²) in [7, 11) is 0. The van der Waals surface area contributed by atoms with E-state index in [0.717, 1.165) is 6.07 Å². The number of aromatic amines is 1. The third-order valence-corrected chi connectivity index (χ3v) is 2.74. The van der Waals surface area contributed by atoms with Crippen LogP contribution >= 0.6 is 11.6 Å². The summed E-state index contributed by atoms with van der Waals surface area (Å²) in [5.74, 6) is 0.737. The van der Waals surface area contributed by atoms with Crippen molar-refractivity contribution >= 4 is 34.3 Å². The molecule has 0 saturated heterocycles. The standard InChI is InChI=1S/C11H6ClF3N6/c12-10-20-8-5(1-2-6(18-8)11(13,14)15)9(21-10)19-7-3-16-4-17-7/h1-4H,(H,16,17)(H,18,19,20,21). The Morgan fingerprint density at radius 2 is 1.95 bits per heavy atom. The number of H-pyrrole nitrogens is 1. The zero-order valence-electron chi connectivity index (χ0n) is 10.1. The lowest BCUT2D eigenvalue weighted by Gasteiger charge is -2.09. The van der Waals surface area contributed by atoms with Crippen molar-refractivity contribution in [2.75, 3.05) is 5.32 Å². The minimum Gasteiger partial charge on any atom is -0.331 e. The molecular formula is C11H6ClF3N6. The second kappa shape index (κ2) is 4.85. The number of hydrogen-bond donors (Lipinski definition) is 2. The number of rotatable bonds is 2. The number of aromatic nitrogens is 5. The van der Waals surface area contributed by atoms with Crippen LogP contribution in [0.3, 0.4) is 0 Å². The number of pyridine rings is 1. The molecule has 3 heterocycles. The molecule has 0 aliphatic rings. The van der Waals surface area contributed by atoms with E-state index in [2.05, 4.69) is 30.2 Å². The maximum atomic E-state index is 12.7. The van der Waals surface area contributed by atoms with E-state index in [1.165, 1.54) is 18.6 Å². The molecule has 6 nitrogen and oxygen atoms in total. The summed E-state index contributed by atoms with van der Waals surface area (Å²) in [6.07, 6.45) is -1.63. The molecule has 108 valence electrons. The highest BCUT2D eigenvalue weighted by Crippen LogP contribution is 2.30. The van der Waals surface area contributed by atoms with Crippen molar-refractivity contribution in [1.82, 2.24) is 24.9 Å². The number of nitrogens with zero attached hydrogens (tertiary/aromatic N) is 4. The number of fused-ring (bicyclic) bond motifs is 1. The largest absolute Gasteiger partial charge is 0.433 e. The van der Waals surface area contributed by atoms with Gasteiger partial charge in [-0.15, -0.1) is 0 Å². The first-order chi connectivity index (χ1) is 9.93. The zero-order chi connectivity index (χ0) is 15.0. The highest BCUT2D eigenvalue weighted by atomic mass is 35.5. The van der Waals surface area contributed by atoms with Gasteiger partial charge in [-0.25, -0.2) is 9.97 Å². The van der Waals surface area contributed by atoms with Crippen LogP contribution in [-0.4, -0.2) is 24.9 Å². The predicted molar refractivity (Wildman–Crippen MR) is 69.2 cm³/mol. The quantitative estimate of drug-likeness (QED) is 0.710. The fraction of sp³-hybridized carbons (Fsp3) is 0.0909. The Hall–Kier alpha value is -2.42. The van der Waals surface area contributed by atoms with Crippen LogP contribution in [0, 0.1) is 0 Å². The van der Waals surface area contributed by atoms with Crippen LogP contribution in [0.1, 0.15) is 5.69 Å². The topological polar surface area (TPSA) is 79.4 Å². The third-order valence-electron chi connectivity index (χ3n) is 2.57. The maximum Gasteiger partial charge on any atom is 0.433 e. The van der Waals surface area contributed by atoms with Gasteiger partial charge in [0.25, 0.3) is 0 Å². The summed E-state index contributed by atoms with van der Waals surface area (Å²) in [5.41, 5.74) is -1.19. The van der Waals surface area contributed by atoms with Gasteiger partial charge in [0.1, 0.15) is 17.3 Å². The lowest BCUT2D eigenvalue weighted by molar-refractivity contribution is -0.141. The van der Waals surface area contributed by atoms with Crippen LogP contribution in [0.4, 0.5) is 24.8 Å². The molecule has 0 fully saturated rings. The van der Waals surface area contributed by atoms with Gasteiger partial charge in [-0.3, -0.25) is 0 Å². The normalized spacial score (nSPS) is 11.8. The molecule has 0 radical (unpaired) electrons. The Morgan fingerprint density at radius 1 is 1.14 bits per heavy atom. The number of nitrogens with one attached hydrogen (secondary N) is 2. The average molecular weight is 315 g/mol. The molecule has 2 N–H and O–H groups in total. The number of halogens is 4. The Kier molecular flexibility index (Phi) is 3.13. The van der Waals surface area contributed by atoms with Gasteiger partial charge in [0.05, 0.1) is 17.9 Å². The fourth-order valence-corrected chi connectivity index (χ4v) is 1.85. The van der Waals surface area contributed by atoms with Gasteiger partial charge in [-0.05, 0) is 23.7 Å². The molecule has 0 bridgehead atoms. The minimum atomic E-state index is -4.55. The third kappa shape index (κ3) is 2.72. The number of hydrogen-bond acceptors (Lipinski definition) is 5. The van der Waals surface area contributed by atoms with Gasteiger partial charge in [-0.2, -0.15) is 23.1 Å². The molecule has 0 atom stereocenters. The molecule has 0 amide bonds. The van der Waals surface area contributed by atoms with E-state index in [0.29, 0.717) is 11.2 Å². The highest BCUT2D eigenvalue weighted by molar-refractivity contribution is 6.28. The molecule has 21 heavy (non-hydrogen) atoms. The maximum absolute atomic E-state index is 12.7. The van der Waals surface area contributed by atoms with E-state index in [4.69, 9.17) is 11.6 Å². The first-order valence-electron chi connectivity index (χ1n) is 5.60. The van der Waals surface area contributed by atoms with E-state index in [1.807, 2.05) is 0 Å². The lowest BCUT2D eigenvalue weighted by Crippen LogP contribution is -2.09. The van der Waals surface area contributed by atoms with Crippen molar-refractivity contribution in [3.8, 4) is 0 Å². The lowest BCUT2D eigenvalue weighted by atomic mass is 10.2. The van der Waals surface area contributed by atoms with Crippen LogP contribution in [-0.2, 0) is 6.18 Å². The number of imidazole rings is 1. The Balaban J connectivity index is 2.13.